The van der Waals surface area contributed by atoms with E-state index in [9.17, 15) is 0 Å². The van der Waals surface area contributed by atoms with Crippen LogP contribution in [0.1, 0.15) is 19.3 Å². The summed E-state index contributed by atoms with van der Waals surface area (Å²) in [6.45, 7) is 0.923. The Hall–Kier alpha value is -0.0800. The molecule has 1 saturated carbocycles. The smallest absolute Gasteiger partial charge is 0.0845 e. The van der Waals surface area contributed by atoms with Crippen LogP contribution in [0, 0.1) is 5.92 Å². The molecule has 3 atom stereocenters. The maximum atomic E-state index is 5.40. The van der Waals surface area contributed by atoms with Crippen molar-refractivity contribution in [2.45, 2.75) is 31.5 Å². The fraction of sp³-hybridized carbons (Fsp3) is 1.00. The van der Waals surface area contributed by atoms with Crippen molar-refractivity contribution in [3.8, 4) is 0 Å². The predicted molar refractivity (Wildman–Crippen MR) is 37.9 cm³/mol. The molecule has 2 nitrogen and oxygen atoms in total. The van der Waals surface area contributed by atoms with Gasteiger partial charge >= 0.3 is 0 Å². The molecule has 2 heteroatoms. The van der Waals surface area contributed by atoms with Crippen molar-refractivity contribution in [3.05, 3.63) is 0 Å². The van der Waals surface area contributed by atoms with Gasteiger partial charge in [-0.15, -0.1) is 0 Å². The van der Waals surface area contributed by atoms with Crippen LogP contribution < -0.4 is 0 Å². The molecule has 0 aromatic rings. The van der Waals surface area contributed by atoms with Crippen molar-refractivity contribution in [3.63, 3.8) is 0 Å². The first-order chi connectivity index (χ1) is 4.90. The fourth-order valence-electron chi connectivity index (χ4n) is 1.87. The van der Waals surface area contributed by atoms with Crippen LogP contribution >= 0.6 is 0 Å². The Bertz CT molecular complexity index is 124. The molecular formula is C8H14O2. The van der Waals surface area contributed by atoms with E-state index >= 15 is 0 Å². The van der Waals surface area contributed by atoms with Gasteiger partial charge in [-0.05, 0) is 25.2 Å². The van der Waals surface area contributed by atoms with Gasteiger partial charge < -0.3 is 9.47 Å². The number of methoxy groups -OCH3 is 1. The standard InChI is InChI=1S/C8H14O2/c1-9-5-6-2-3-7-8(4-6)10-7/h6-8H,2-5H2,1H3/t6-,7+,8-/m0/s1. The number of epoxide rings is 1. The Labute approximate surface area is 61.5 Å². The summed E-state index contributed by atoms with van der Waals surface area (Å²) >= 11 is 0. The van der Waals surface area contributed by atoms with Gasteiger partial charge in [0.05, 0.1) is 12.2 Å². The fourth-order valence-corrected chi connectivity index (χ4v) is 1.87. The van der Waals surface area contributed by atoms with Crippen LogP contribution in [0.5, 0.6) is 0 Å². The highest BCUT2D eigenvalue weighted by molar-refractivity contribution is 4.91. The number of fused-ring (bicyclic) bond motifs is 1. The SMILES string of the molecule is COC[C@H]1CC[C@H]2O[C@H]2C1. The van der Waals surface area contributed by atoms with Gasteiger partial charge in [-0.1, -0.05) is 0 Å². The summed E-state index contributed by atoms with van der Waals surface area (Å²) in [7, 11) is 1.78. The van der Waals surface area contributed by atoms with Crippen molar-refractivity contribution < 1.29 is 9.47 Å². The van der Waals surface area contributed by atoms with E-state index in [1.165, 1.54) is 19.3 Å². The maximum Gasteiger partial charge on any atom is 0.0845 e. The van der Waals surface area contributed by atoms with E-state index in [0.29, 0.717) is 12.2 Å². The van der Waals surface area contributed by atoms with Crippen LogP contribution in [0.3, 0.4) is 0 Å². The normalized spacial score (nSPS) is 44.7. The van der Waals surface area contributed by atoms with E-state index in [-0.39, 0.29) is 0 Å². The average Bonchev–Trinajstić information content (AvgIpc) is 2.66. The third-order valence-corrected chi connectivity index (χ3v) is 2.52. The van der Waals surface area contributed by atoms with Crippen molar-refractivity contribution in [2.75, 3.05) is 13.7 Å². The largest absolute Gasteiger partial charge is 0.384 e. The highest BCUT2D eigenvalue weighted by Crippen LogP contribution is 2.39. The van der Waals surface area contributed by atoms with E-state index in [1.807, 2.05) is 0 Å². The lowest BCUT2D eigenvalue weighted by atomic mass is 9.90. The molecule has 0 amide bonds. The zero-order valence-corrected chi connectivity index (χ0v) is 6.38. The molecule has 58 valence electrons. The quantitative estimate of drug-likeness (QED) is 0.540. The second-order valence-electron chi connectivity index (χ2n) is 3.35. The zero-order valence-electron chi connectivity index (χ0n) is 6.38. The zero-order chi connectivity index (χ0) is 6.97. The van der Waals surface area contributed by atoms with Crippen molar-refractivity contribution in [1.29, 1.82) is 0 Å². The molecule has 0 aromatic heterocycles. The minimum absolute atomic E-state index is 0.605. The van der Waals surface area contributed by atoms with E-state index in [2.05, 4.69) is 0 Å². The molecule has 0 radical (unpaired) electrons. The van der Waals surface area contributed by atoms with Gasteiger partial charge in [0.1, 0.15) is 0 Å². The minimum Gasteiger partial charge on any atom is -0.384 e. The Morgan fingerprint density at radius 1 is 1.40 bits per heavy atom. The maximum absolute atomic E-state index is 5.40. The van der Waals surface area contributed by atoms with Crippen molar-refractivity contribution in [1.82, 2.24) is 0 Å². The van der Waals surface area contributed by atoms with Crippen molar-refractivity contribution in [2.24, 2.45) is 5.92 Å². The lowest BCUT2D eigenvalue weighted by Crippen LogP contribution is -2.17. The number of hydrogen-bond acceptors (Lipinski definition) is 2. The van der Waals surface area contributed by atoms with Gasteiger partial charge in [0.2, 0.25) is 0 Å². The minimum atomic E-state index is 0.605. The van der Waals surface area contributed by atoms with Gasteiger partial charge in [0.15, 0.2) is 0 Å². The van der Waals surface area contributed by atoms with Gasteiger partial charge in [-0.3, -0.25) is 0 Å². The lowest BCUT2D eigenvalue weighted by Gasteiger charge is -2.16. The van der Waals surface area contributed by atoms with Crippen LogP contribution in [0.25, 0.3) is 0 Å². The molecule has 1 aliphatic carbocycles. The van der Waals surface area contributed by atoms with E-state index in [0.717, 1.165) is 12.5 Å². The topological polar surface area (TPSA) is 21.8 Å². The van der Waals surface area contributed by atoms with Crippen LogP contribution in [0.4, 0.5) is 0 Å². The van der Waals surface area contributed by atoms with E-state index in [4.69, 9.17) is 9.47 Å². The monoisotopic (exact) mass is 142 g/mol. The first-order valence-electron chi connectivity index (χ1n) is 4.04. The Morgan fingerprint density at radius 2 is 2.30 bits per heavy atom. The second kappa shape index (κ2) is 2.51. The molecule has 0 bridgehead atoms. The summed E-state index contributed by atoms with van der Waals surface area (Å²) in [5, 5.41) is 0. The molecule has 2 rings (SSSR count). The summed E-state index contributed by atoms with van der Waals surface area (Å²) in [5.41, 5.74) is 0. The molecule has 10 heavy (non-hydrogen) atoms. The Kier molecular flexibility index (Phi) is 1.66. The molecule has 1 saturated heterocycles. The predicted octanol–water partition coefficient (Wildman–Crippen LogP) is 1.20. The second-order valence-corrected chi connectivity index (χ2v) is 3.35. The molecular weight excluding hydrogens is 128 g/mol. The molecule has 2 fully saturated rings. The van der Waals surface area contributed by atoms with E-state index < -0.39 is 0 Å². The summed E-state index contributed by atoms with van der Waals surface area (Å²) < 4.78 is 10.5. The van der Waals surface area contributed by atoms with Gasteiger partial charge in [-0.25, -0.2) is 0 Å². The van der Waals surface area contributed by atoms with Gasteiger partial charge in [0.25, 0.3) is 0 Å². The first-order valence-corrected chi connectivity index (χ1v) is 4.04. The third-order valence-electron chi connectivity index (χ3n) is 2.52. The first kappa shape index (κ1) is 6.62. The summed E-state index contributed by atoms with van der Waals surface area (Å²) in [6.07, 6.45) is 5.04. The van der Waals surface area contributed by atoms with Gasteiger partial charge in [-0.2, -0.15) is 0 Å². The molecule has 1 heterocycles. The van der Waals surface area contributed by atoms with Crippen LogP contribution in [-0.2, 0) is 9.47 Å². The van der Waals surface area contributed by atoms with Gasteiger partial charge in [0, 0.05) is 13.7 Å². The average molecular weight is 142 g/mol. The van der Waals surface area contributed by atoms with Crippen LogP contribution in [0.15, 0.2) is 0 Å². The Morgan fingerprint density at radius 3 is 3.00 bits per heavy atom. The highest BCUT2D eigenvalue weighted by Gasteiger charge is 2.43. The Balaban J connectivity index is 1.77. The molecule has 0 N–H and O–H groups in total. The van der Waals surface area contributed by atoms with Crippen LogP contribution in [0.2, 0.25) is 0 Å². The third kappa shape index (κ3) is 1.18. The number of rotatable bonds is 2. The highest BCUT2D eigenvalue weighted by atomic mass is 16.6. The van der Waals surface area contributed by atoms with E-state index in [1.54, 1.807) is 7.11 Å². The molecule has 0 unspecified atom stereocenters. The summed E-state index contributed by atoms with van der Waals surface area (Å²) in [6, 6.07) is 0. The molecule has 1 aliphatic heterocycles. The lowest BCUT2D eigenvalue weighted by molar-refractivity contribution is 0.136. The molecule has 2 aliphatic rings. The van der Waals surface area contributed by atoms with Crippen LogP contribution in [-0.4, -0.2) is 25.9 Å². The molecule has 0 spiro atoms. The number of hydrogen-bond donors (Lipinski definition) is 0. The van der Waals surface area contributed by atoms with Crippen molar-refractivity contribution >= 4 is 0 Å². The molecule has 0 aromatic carbocycles. The summed E-state index contributed by atoms with van der Waals surface area (Å²) in [4.78, 5) is 0. The summed E-state index contributed by atoms with van der Waals surface area (Å²) in [5.74, 6) is 0.772. The number of ether oxygens (including phenoxy) is 2.